The molecule has 108 valence electrons. The van der Waals surface area contributed by atoms with Gasteiger partial charge in [0.05, 0.1) is 31.6 Å². The Balaban J connectivity index is 1.88. The highest BCUT2D eigenvalue weighted by Gasteiger charge is 2.18. The number of hydrogen-bond donors (Lipinski definition) is 1. The molecule has 0 aromatic heterocycles. The highest BCUT2D eigenvalue weighted by Crippen LogP contribution is 2.47. The van der Waals surface area contributed by atoms with Crippen LogP contribution in [0.3, 0.4) is 0 Å². The van der Waals surface area contributed by atoms with Crippen molar-refractivity contribution in [2.45, 2.75) is 6.54 Å². The van der Waals surface area contributed by atoms with Gasteiger partial charge in [0.25, 0.3) is 0 Å². The Labute approximate surface area is 142 Å². The smallest absolute Gasteiger partial charge is 0.137 e. The van der Waals surface area contributed by atoms with Crippen LogP contribution in [0.1, 0.15) is 5.56 Å². The second-order valence-electron chi connectivity index (χ2n) is 4.28. The molecule has 2 aromatic rings. The van der Waals surface area contributed by atoms with E-state index >= 15 is 0 Å². The van der Waals surface area contributed by atoms with E-state index < -0.39 is 0 Å². The van der Waals surface area contributed by atoms with E-state index in [9.17, 15) is 4.39 Å². The van der Waals surface area contributed by atoms with Gasteiger partial charge in [-0.2, -0.15) is 8.73 Å². The van der Waals surface area contributed by atoms with E-state index in [-0.39, 0.29) is 5.82 Å². The molecule has 0 spiro atoms. The fourth-order valence-corrected chi connectivity index (χ4v) is 3.31. The van der Waals surface area contributed by atoms with E-state index in [1.54, 1.807) is 12.1 Å². The number of benzene rings is 2. The lowest BCUT2D eigenvalue weighted by molar-refractivity contribution is 0.619. The summed E-state index contributed by atoms with van der Waals surface area (Å²) in [6, 6.07) is 6.56. The number of fused-ring (bicyclic) bond motifs is 1. The first-order chi connectivity index (χ1) is 10.1. The summed E-state index contributed by atoms with van der Waals surface area (Å²) in [6.45, 7) is 0.415. The molecule has 0 atom stereocenters. The number of nitrogens with zero attached hydrogens (tertiary/aromatic N) is 2. The average Bonchev–Trinajstić information content (AvgIpc) is 2.92. The Hall–Kier alpha value is -0.950. The van der Waals surface area contributed by atoms with Crippen molar-refractivity contribution in [2.24, 2.45) is 8.73 Å². The second-order valence-corrected chi connectivity index (χ2v) is 6.48. The van der Waals surface area contributed by atoms with Crippen LogP contribution in [0.25, 0.3) is 0 Å². The van der Waals surface area contributed by atoms with Gasteiger partial charge in [-0.05, 0) is 39.7 Å². The first kappa shape index (κ1) is 15.0. The van der Waals surface area contributed by atoms with Crippen molar-refractivity contribution in [1.82, 2.24) is 0 Å². The third-order valence-electron chi connectivity index (χ3n) is 2.90. The van der Waals surface area contributed by atoms with Crippen LogP contribution in [0.5, 0.6) is 0 Å². The molecule has 21 heavy (non-hydrogen) atoms. The van der Waals surface area contributed by atoms with Gasteiger partial charge in [-0.1, -0.05) is 29.3 Å². The Kier molecular flexibility index (Phi) is 4.31. The summed E-state index contributed by atoms with van der Waals surface area (Å²) in [4.78, 5) is 0. The van der Waals surface area contributed by atoms with Crippen LogP contribution >= 0.6 is 39.1 Å². The summed E-state index contributed by atoms with van der Waals surface area (Å²) < 4.78 is 22.3. The lowest BCUT2D eigenvalue weighted by Gasteiger charge is -2.12. The minimum absolute atomic E-state index is 0.308. The molecule has 0 unspecified atom stereocenters. The van der Waals surface area contributed by atoms with Gasteiger partial charge in [-0.15, -0.1) is 0 Å². The van der Waals surface area contributed by atoms with Crippen LogP contribution in [0.4, 0.5) is 21.5 Å². The van der Waals surface area contributed by atoms with Gasteiger partial charge in [0.1, 0.15) is 17.2 Å². The maximum absolute atomic E-state index is 13.5. The van der Waals surface area contributed by atoms with Gasteiger partial charge in [0.15, 0.2) is 0 Å². The molecule has 3 rings (SSSR count). The molecule has 0 fully saturated rings. The van der Waals surface area contributed by atoms with Crippen molar-refractivity contribution >= 4 is 67.5 Å². The number of halogens is 4. The second kappa shape index (κ2) is 6.04. The van der Waals surface area contributed by atoms with Crippen molar-refractivity contribution in [1.29, 1.82) is 0 Å². The molecular formula is C13H7BrCl2FN3S. The van der Waals surface area contributed by atoms with Gasteiger partial charge < -0.3 is 5.32 Å². The van der Waals surface area contributed by atoms with Gasteiger partial charge >= 0.3 is 0 Å². The molecular weight excluding hydrogens is 400 g/mol. The molecule has 0 radical (unpaired) electrons. The molecule has 0 amide bonds. The maximum Gasteiger partial charge on any atom is 0.137 e. The number of anilines is 1. The van der Waals surface area contributed by atoms with Crippen molar-refractivity contribution in [3.63, 3.8) is 0 Å². The van der Waals surface area contributed by atoms with Crippen molar-refractivity contribution in [3.05, 3.63) is 50.2 Å². The Morgan fingerprint density at radius 2 is 1.90 bits per heavy atom. The zero-order valence-corrected chi connectivity index (χ0v) is 14.2. The molecule has 3 nitrogen and oxygen atoms in total. The molecule has 0 saturated heterocycles. The van der Waals surface area contributed by atoms with E-state index in [1.807, 2.05) is 6.07 Å². The molecule has 1 aliphatic rings. The molecule has 2 aromatic carbocycles. The molecule has 1 heterocycles. The summed E-state index contributed by atoms with van der Waals surface area (Å²) in [5, 5.41) is 4.08. The molecule has 1 aliphatic heterocycles. The summed E-state index contributed by atoms with van der Waals surface area (Å²) in [6.07, 6.45) is 0. The molecule has 8 heteroatoms. The Morgan fingerprint density at radius 3 is 2.67 bits per heavy atom. The van der Waals surface area contributed by atoms with Crippen molar-refractivity contribution in [3.8, 4) is 0 Å². The first-order valence-electron chi connectivity index (χ1n) is 5.84. The predicted molar refractivity (Wildman–Crippen MR) is 89.4 cm³/mol. The van der Waals surface area contributed by atoms with Crippen LogP contribution in [0.15, 0.2) is 37.5 Å². The Bertz CT molecular complexity index is 806. The quantitative estimate of drug-likeness (QED) is 0.549. The monoisotopic (exact) mass is 405 g/mol. The predicted octanol–water partition coefficient (Wildman–Crippen LogP) is 6.23. The number of hydrogen-bond acceptors (Lipinski definition) is 3. The fraction of sp³-hybridized carbons (Fsp3) is 0.0769. The average molecular weight is 407 g/mol. The van der Waals surface area contributed by atoms with E-state index in [4.69, 9.17) is 23.2 Å². The Morgan fingerprint density at radius 1 is 1.14 bits per heavy atom. The minimum Gasteiger partial charge on any atom is -0.378 e. The fourth-order valence-electron chi connectivity index (χ4n) is 1.88. The largest absolute Gasteiger partial charge is 0.378 e. The lowest BCUT2D eigenvalue weighted by atomic mass is 10.2. The zero-order chi connectivity index (χ0) is 15.0. The van der Waals surface area contributed by atoms with Crippen molar-refractivity contribution in [2.75, 3.05) is 5.32 Å². The van der Waals surface area contributed by atoms with Crippen LogP contribution in [-0.4, -0.2) is 0 Å². The summed E-state index contributed by atoms with van der Waals surface area (Å²) in [5.74, 6) is -0.308. The highest BCUT2D eigenvalue weighted by atomic mass is 79.9. The zero-order valence-electron chi connectivity index (χ0n) is 10.3. The van der Waals surface area contributed by atoms with Crippen LogP contribution in [-0.2, 0) is 17.9 Å². The van der Waals surface area contributed by atoms with Crippen molar-refractivity contribution < 1.29 is 4.39 Å². The third-order valence-corrected chi connectivity index (χ3v) is 4.65. The van der Waals surface area contributed by atoms with Gasteiger partial charge in [-0.3, -0.25) is 0 Å². The van der Waals surface area contributed by atoms with Crippen LogP contribution in [0.2, 0.25) is 10.0 Å². The topological polar surface area (TPSA) is 36.8 Å². The summed E-state index contributed by atoms with van der Waals surface area (Å²) in [7, 11) is 0. The van der Waals surface area contributed by atoms with E-state index in [0.29, 0.717) is 38.1 Å². The summed E-state index contributed by atoms with van der Waals surface area (Å²) in [5.41, 5.74) is 2.66. The SMILES string of the molecule is Fc1cc(CNc2c(Cl)cc(Cl)c3c2N=S=N3)ccc1Br. The number of nitrogens with one attached hydrogen (secondary N) is 1. The van der Waals surface area contributed by atoms with Crippen LogP contribution < -0.4 is 5.32 Å². The highest BCUT2D eigenvalue weighted by molar-refractivity contribution is 9.10. The van der Waals surface area contributed by atoms with Crippen LogP contribution in [0, 0.1) is 5.82 Å². The molecule has 0 bridgehead atoms. The standard InChI is InChI=1S/C13H7BrCl2FN3S/c14-7-2-1-6(3-10(7)17)5-18-11-8(15)4-9(16)12-13(11)20-21-19-12/h1-4,18H,5H2. The molecule has 1 N–H and O–H groups in total. The summed E-state index contributed by atoms with van der Waals surface area (Å²) >= 11 is 16.5. The normalized spacial score (nSPS) is 12.2. The van der Waals surface area contributed by atoms with Gasteiger partial charge in [0, 0.05) is 6.54 Å². The van der Waals surface area contributed by atoms with Gasteiger partial charge in [0.2, 0.25) is 0 Å². The van der Waals surface area contributed by atoms with E-state index in [0.717, 1.165) is 16.9 Å². The molecule has 0 aliphatic carbocycles. The minimum atomic E-state index is -0.308. The molecule has 0 saturated carbocycles. The lowest BCUT2D eigenvalue weighted by Crippen LogP contribution is -2.01. The maximum atomic E-state index is 13.5. The van der Waals surface area contributed by atoms with E-state index in [2.05, 4.69) is 30.0 Å². The third kappa shape index (κ3) is 2.99. The van der Waals surface area contributed by atoms with Gasteiger partial charge in [-0.25, -0.2) is 4.39 Å². The number of rotatable bonds is 3. The first-order valence-corrected chi connectivity index (χ1v) is 8.12. The van der Waals surface area contributed by atoms with E-state index in [1.165, 1.54) is 6.07 Å².